The molecule has 1 aliphatic heterocycles. The van der Waals surface area contributed by atoms with Gasteiger partial charge in [-0.15, -0.1) is 12.4 Å². The molecule has 2 N–H and O–H groups in total. The Hall–Kier alpha value is -1.67. The number of halogens is 1. The molecule has 2 aromatic rings. The van der Waals surface area contributed by atoms with Crippen LogP contribution in [-0.2, 0) is 14.8 Å². The van der Waals surface area contributed by atoms with Crippen molar-refractivity contribution in [2.24, 2.45) is 0 Å². The molecular formula is C18H24ClN3O3S. The molecule has 1 atom stereocenters. The Balaban J connectivity index is 0.00000243. The fourth-order valence-electron chi connectivity index (χ4n) is 3.49. The number of fused-ring (bicyclic) bond motifs is 1. The molecule has 0 spiro atoms. The fraction of sp³-hybridized carbons (Fsp3) is 0.389. The highest BCUT2D eigenvalue weighted by molar-refractivity contribution is 7.89. The summed E-state index contributed by atoms with van der Waals surface area (Å²) in [6.45, 7) is 2.61. The van der Waals surface area contributed by atoms with Crippen molar-refractivity contribution in [2.45, 2.75) is 30.7 Å². The van der Waals surface area contributed by atoms with Gasteiger partial charge in [-0.2, -0.15) is 4.31 Å². The first-order chi connectivity index (χ1) is 11.9. The molecule has 0 bridgehead atoms. The lowest BCUT2D eigenvalue weighted by atomic mass is 10.1. The molecule has 1 heterocycles. The first kappa shape index (κ1) is 20.6. The highest BCUT2D eigenvalue weighted by atomic mass is 35.5. The van der Waals surface area contributed by atoms with Gasteiger partial charge in [0.25, 0.3) is 0 Å². The largest absolute Gasteiger partial charge is 0.326 e. The van der Waals surface area contributed by atoms with Crippen molar-refractivity contribution in [3.63, 3.8) is 0 Å². The number of likely N-dealkylation sites (N-methyl/N-ethyl adjacent to an activating group) is 1. The number of rotatable bonds is 5. The van der Waals surface area contributed by atoms with E-state index in [2.05, 4.69) is 10.6 Å². The van der Waals surface area contributed by atoms with Crippen LogP contribution in [0.3, 0.4) is 0 Å². The van der Waals surface area contributed by atoms with Crippen LogP contribution in [0.25, 0.3) is 10.8 Å². The summed E-state index contributed by atoms with van der Waals surface area (Å²) in [6, 6.07) is 10.5. The predicted molar refractivity (Wildman–Crippen MR) is 106 cm³/mol. The summed E-state index contributed by atoms with van der Waals surface area (Å²) in [6.07, 6.45) is 1.73. The Morgan fingerprint density at radius 2 is 1.88 bits per heavy atom. The van der Waals surface area contributed by atoms with Crippen molar-refractivity contribution in [1.29, 1.82) is 0 Å². The predicted octanol–water partition coefficient (Wildman–Crippen LogP) is 2.59. The maximum atomic E-state index is 13.3. The van der Waals surface area contributed by atoms with E-state index in [1.807, 2.05) is 25.2 Å². The normalized spacial score (nSPS) is 17.8. The van der Waals surface area contributed by atoms with Gasteiger partial charge in [-0.05, 0) is 32.0 Å². The van der Waals surface area contributed by atoms with Gasteiger partial charge < -0.3 is 10.6 Å². The Labute approximate surface area is 160 Å². The summed E-state index contributed by atoms with van der Waals surface area (Å²) in [7, 11) is -1.77. The van der Waals surface area contributed by atoms with E-state index < -0.39 is 10.0 Å². The second kappa shape index (κ2) is 8.35. The maximum absolute atomic E-state index is 13.3. The lowest BCUT2D eigenvalue weighted by molar-refractivity contribution is -0.114. The summed E-state index contributed by atoms with van der Waals surface area (Å²) >= 11 is 0. The molecule has 1 saturated heterocycles. The number of carbonyl (C=O) groups is 1. The van der Waals surface area contributed by atoms with E-state index >= 15 is 0 Å². The molecule has 2 aromatic carbocycles. The van der Waals surface area contributed by atoms with Gasteiger partial charge in [-0.3, -0.25) is 4.79 Å². The fourth-order valence-corrected chi connectivity index (χ4v) is 5.38. The Bertz CT molecular complexity index is 902. The number of nitrogens with one attached hydrogen (secondary N) is 2. The number of amides is 1. The SMILES string of the molecule is CNCC1CCCN1S(=O)(=O)c1ccc(NC(C)=O)c2ccccc12.Cl. The van der Waals surface area contributed by atoms with E-state index in [0.717, 1.165) is 18.2 Å². The first-order valence-electron chi connectivity index (χ1n) is 8.41. The zero-order chi connectivity index (χ0) is 18.0. The molecule has 6 nitrogen and oxygen atoms in total. The Morgan fingerprint density at radius 1 is 1.19 bits per heavy atom. The molecule has 8 heteroatoms. The number of hydrogen-bond acceptors (Lipinski definition) is 4. The van der Waals surface area contributed by atoms with Gasteiger partial charge >= 0.3 is 0 Å². The zero-order valence-corrected chi connectivity index (χ0v) is 16.5. The van der Waals surface area contributed by atoms with Crippen LogP contribution in [-0.4, -0.2) is 44.8 Å². The highest BCUT2D eigenvalue weighted by Crippen LogP contribution is 2.33. The van der Waals surface area contributed by atoms with Crippen LogP contribution in [0.15, 0.2) is 41.3 Å². The van der Waals surface area contributed by atoms with Crippen molar-refractivity contribution in [3.8, 4) is 0 Å². The third-order valence-electron chi connectivity index (χ3n) is 4.54. The molecular weight excluding hydrogens is 374 g/mol. The van der Waals surface area contributed by atoms with Crippen molar-refractivity contribution in [2.75, 3.05) is 25.5 Å². The van der Waals surface area contributed by atoms with Gasteiger partial charge in [-0.25, -0.2) is 8.42 Å². The van der Waals surface area contributed by atoms with Crippen molar-refractivity contribution >= 4 is 44.8 Å². The number of nitrogens with zero attached hydrogens (tertiary/aromatic N) is 1. The number of hydrogen-bond donors (Lipinski definition) is 2. The molecule has 3 rings (SSSR count). The summed E-state index contributed by atoms with van der Waals surface area (Å²) in [5.41, 5.74) is 0.621. The lowest BCUT2D eigenvalue weighted by Crippen LogP contribution is -2.40. The van der Waals surface area contributed by atoms with Gasteiger partial charge in [0.2, 0.25) is 15.9 Å². The van der Waals surface area contributed by atoms with Crippen LogP contribution in [0.5, 0.6) is 0 Å². The standard InChI is InChI=1S/C18H23N3O3S.ClH/c1-13(22)20-17-9-10-18(16-8-4-3-7-15(16)17)25(23,24)21-11-5-6-14(21)12-19-2;/h3-4,7-10,14,19H,5-6,11-12H2,1-2H3,(H,20,22);1H. The highest BCUT2D eigenvalue weighted by Gasteiger charge is 2.35. The summed E-state index contributed by atoms with van der Waals surface area (Å²) in [5, 5.41) is 7.20. The molecule has 1 amide bonds. The molecule has 1 unspecified atom stereocenters. The van der Waals surface area contributed by atoms with Crippen LogP contribution < -0.4 is 10.6 Å². The van der Waals surface area contributed by atoms with Crippen LogP contribution in [0.1, 0.15) is 19.8 Å². The summed E-state index contributed by atoms with van der Waals surface area (Å²) < 4.78 is 28.2. The monoisotopic (exact) mass is 397 g/mol. The van der Waals surface area contributed by atoms with E-state index in [1.54, 1.807) is 22.5 Å². The van der Waals surface area contributed by atoms with Gasteiger partial charge in [0, 0.05) is 42.5 Å². The average molecular weight is 398 g/mol. The van der Waals surface area contributed by atoms with E-state index in [4.69, 9.17) is 0 Å². The summed E-state index contributed by atoms with van der Waals surface area (Å²) in [4.78, 5) is 11.7. The first-order valence-corrected chi connectivity index (χ1v) is 9.85. The van der Waals surface area contributed by atoms with E-state index in [9.17, 15) is 13.2 Å². The quantitative estimate of drug-likeness (QED) is 0.812. The van der Waals surface area contributed by atoms with Gasteiger partial charge in [0.05, 0.1) is 4.90 Å². The zero-order valence-electron chi connectivity index (χ0n) is 14.9. The maximum Gasteiger partial charge on any atom is 0.243 e. The number of anilines is 1. The topological polar surface area (TPSA) is 78.5 Å². The minimum atomic E-state index is -3.60. The smallest absolute Gasteiger partial charge is 0.243 e. The van der Waals surface area contributed by atoms with Gasteiger partial charge in [-0.1, -0.05) is 24.3 Å². The van der Waals surface area contributed by atoms with Crippen LogP contribution >= 0.6 is 12.4 Å². The van der Waals surface area contributed by atoms with E-state index in [1.165, 1.54) is 6.92 Å². The van der Waals surface area contributed by atoms with E-state index in [-0.39, 0.29) is 24.4 Å². The minimum Gasteiger partial charge on any atom is -0.326 e. The molecule has 26 heavy (non-hydrogen) atoms. The van der Waals surface area contributed by atoms with Crippen LogP contribution in [0.2, 0.25) is 0 Å². The second-order valence-corrected chi connectivity index (χ2v) is 8.17. The number of carbonyl (C=O) groups excluding carboxylic acids is 1. The Kier molecular flexibility index (Phi) is 6.63. The molecule has 142 valence electrons. The minimum absolute atomic E-state index is 0. The average Bonchev–Trinajstić information content (AvgIpc) is 3.04. The van der Waals surface area contributed by atoms with Gasteiger partial charge in [0.15, 0.2) is 0 Å². The van der Waals surface area contributed by atoms with Crippen molar-refractivity contribution < 1.29 is 13.2 Å². The number of sulfonamides is 1. The molecule has 0 aliphatic carbocycles. The Morgan fingerprint density at radius 3 is 2.54 bits per heavy atom. The lowest BCUT2D eigenvalue weighted by Gasteiger charge is -2.25. The second-order valence-electron chi connectivity index (χ2n) is 6.31. The molecule has 1 aliphatic rings. The molecule has 0 radical (unpaired) electrons. The van der Waals surface area contributed by atoms with Crippen LogP contribution in [0.4, 0.5) is 5.69 Å². The molecule has 0 aromatic heterocycles. The van der Waals surface area contributed by atoms with E-state index in [0.29, 0.717) is 29.1 Å². The van der Waals surface area contributed by atoms with Crippen LogP contribution in [0, 0.1) is 0 Å². The van der Waals surface area contributed by atoms with Crippen molar-refractivity contribution in [3.05, 3.63) is 36.4 Å². The summed E-state index contributed by atoms with van der Waals surface area (Å²) in [5.74, 6) is -0.186. The molecule has 1 fully saturated rings. The number of benzene rings is 2. The third-order valence-corrected chi connectivity index (χ3v) is 6.55. The van der Waals surface area contributed by atoms with Crippen molar-refractivity contribution in [1.82, 2.24) is 9.62 Å². The molecule has 0 saturated carbocycles. The van der Waals surface area contributed by atoms with Gasteiger partial charge in [0.1, 0.15) is 0 Å². The third kappa shape index (κ3) is 3.86.